The molecule has 5 aromatic rings. The second-order valence-electron chi connectivity index (χ2n) is 11.0. The molecule has 0 saturated carbocycles. The van der Waals surface area contributed by atoms with Gasteiger partial charge in [-0.15, -0.1) is 0 Å². The third kappa shape index (κ3) is 7.40. The highest BCUT2D eigenvalue weighted by molar-refractivity contribution is 5.81. The fourth-order valence-corrected chi connectivity index (χ4v) is 5.45. The lowest BCUT2D eigenvalue weighted by atomic mass is 9.91. The van der Waals surface area contributed by atoms with Crippen LogP contribution in [0.1, 0.15) is 23.2 Å². The maximum atomic E-state index is 5.14. The summed E-state index contributed by atoms with van der Waals surface area (Å²) in [5.41, 5.74) is 10.1. The second-order valence-corrected chi connectivity index (χ2v) is 11.0. The average Bonchev–Trinajstić information content (AvgIpc) is 3.13. The summed E-state index contributed by atoms with van der Waals surface area (Å²) in [6.07, 6.45) is 25.2. The maximum absolute atomic E-state index is 5.14. The molecule has 1 aliphatic rings. The van der Waals surface area contributed by atoms with Gasteiger partial charge in [0.05, 0.1) is 11.4 Å². The molecule has 1 unspecified atom stereocenters. The van der Waals surface area contributed by atoms with E-state index in [0.717, 1.165) is 56.8 Å². The van der Waals surface area contributed by atoms with Crippen molar-refractivity contribution in [1.82, 2.24) is 15.0 Å². The zero-order valence-electron chi connectivity index (χ0n) is 25.7. The van der Waals surface area contributed by atoms with Gasteiger partial charge in [0, 0.05) is 23.5 Å². The average molecular weight is 594 g/mol. The summed E-state index contributed by atoms with van der Waals surface area (Å²) in [6, 6.07) is 33.4. The summed E-state index contributed by atoms with van der Waals surface area (Å²) in [4.78, 5) is 14.4. The summed E-state index contributed by atoms with van der Waals surface area (Å²) in [6.45, 7) is 7.94. The van der Waals surface area contributed by atoms with Crippen LogP contribution in [0.25, 0.3) is 51.0 Å². The molecular weight excluding hydrogens is 558 g/mol. The number of hydrogen-bond donors (Lipinski definition) is 0. The lowest BCUT2D eigenvalue weighted by Crippen LogP contribution is -1.99. The number of benzene rings is 3. The minimum atomic E-state index is 0.338. The van der Waals surface area contributed by atoms with Gasteiger partial charge >= 0.3 is 0 Å². The van der Waals surface area contributed by atoms with Crippen LogP contribution in [-0.4, -0.2) is 15.0 Å². The molecule has 2 aromatic heterocycles. The number of hydrogen-bond acceptors (Lipinski definition) is 3. The minimum absolute atomic E-state index is 0.338. The highest BCUT2D eigenvalue weighted by Crippen LogP contribution is 2.32. The Balaban J connectivity index is 1.44. The van der Waals surface area contributed by atoms with Crippen LogP contribution < -0.4 is 0 Å². The van der Waals surface area contributed by atoms with E-state index >= 15 is 0 Å². The molecule has 0 amide bonds. The Morgan fingerprint density at radius 1 is 0.739 bits per heavy atom. The lowest BCUT2D eigenvalue weighted by molar-refractivity contribution is 0.826. The summed E-state index contributed by atoms with van der Waals surface area (Å²) in [7, 11) is 0. The monoisotopic (exact) mass is 593 g/mol. The van der Waals surface area contributed by atoms with Crippen molar-refractivity contribution in [1.29, 1.82) is 0 Å². The fourth-order valence-electron chi connectivity index (χ4n) is 5.45. The van der Waals surface area contributed by atoms with Crippen LogP contribution in [0.15, 0.2) is 177 Å². The molecule has 0 bridgehead atoms. The number of allylic oxidation sites excluding steroid dienone is 11. The van der Waals surface area contributed by atoms with Crippen molar-refractivity contribution in [3.05, 3.63) is 194 Å². The Bertz CT molecular complexity index is 1990. The van der Waals surface area contributed by atoms with Gasteiger partial charge in [0.15, 0.2) is 5.82 Å². The topological polar surface area (TPSA) is 38.7 Å². The van der Waals surface area contributed by atoms with Crippen LogP contribution in [0.3, 0.4) is 0 Å². The smallest absolute Gasteiger partial charge is 0.160 e. The maximum Gasteiger partial charge on any atom is 0.160 e. The Morgan fingerprint density at radius 3 is 2.33 bits per heavy atom. The predicted molar refractivity (Wildman–Crippen MR) is 194 cm³/mol. The van der Waals surface area contributed by atoms with Crippen molar-refractivity contribution in [2.75, 3.05) is 0 Å². The predicted octanol–water partition coefficient (Wildman–Crippen LogP) is 10.9. The van der Waals surface area contributed by atoms with Crippen LogP contribution in [0.5, 0.6) is 0 Å². The number of aromatic nitrogens is 3. The SMILES string of the molecule is C=C/C=C\C1C=C(c2cccc(-c3nc(/C(C=C)=C/C=C/c4cccnc4)cc(-c4cccc(-c5ccccc5)c4)n3)c2)C=CC1. The van der Waals surface area contributed by atoms with Gasteiger partial charge in [-0.05, 0) is 70.0 Å². The van der Waals surface area contributed by atoms with E-state index in [1.165, 1.54) is 5.57 Å². The highest BCUT2D eigenvalue weighted by atomic mass is 14.9. The van der Waals surface area contributed by atoms with Crippen LogP contribution in [0, 0.1) is 5.92 Å². The molecule has 0 spiro atoms. The lowest BCUT2D eigenvalue weighted by Gasteiger charge is -2.15. The summed E-state index contributed by atoms with van der Waals surface area (Å²) in [5, 5.41) is 0. The summed E-state index contributed by atoms with van der Waals surface area (Å²) >= 11 is 0. The molecule has 0 saturated heterocycles. The van der Waals surface area contributed by atoms with E-state index in [2.05, 4.69) is 115 Å². The normalized spacial score (nSPS) is 14.8. The van der Waals surface area contributed by atoms with E-state index in [0.29, 0.717) is 11.7 Å². The molecule has 6 rings (SSSR count). The van der Waals surface area contributed by atoms with Crippen molar-refractivity contribution in [3.8, 4) is 33.8 Å². The fraction of sp³-hybridized carbons (Fsp3) is 0.0465. The number of nitrogens with zero attached hydrogens (tertiary/aromatic N) is 3. The molecule has 1 aliphatic carbocycles. The molecule has 2 heterocycles. The molecule has 0 N–H and O–H groups in total. The molecule has 1 atom stereocenters. The van der Waals surface area contributed by atoms with Crippen molar-refractivity contribution in [3.63, 3.8) is 0 Å². The van der Waals surface area contributed by atoms with E-state index in [4.69, 9.17) is 9.97 Å². The molecule has 222 valence electrons. The van der Waals surface area contributed by atoms with E-state index in [1.807, 2.05) is 66.9 Å². The van der Waals surface area contributed by atoms with Gasteiger partial charge in [-0.2, -0.15) is 0 Å². The third-order valence-corrected chi connectivity index (χ3v) is 7.80. The molecular formula is C43H35N3. The first kappa shape index (κ1) is 30.1. The van der Waals surface area contributed by atoms with Crippen molar-refractivity contribution in [2.24, 2.45) is 5.92 Å². The van der Waals surface area contributed by atoms with Gasteiger partial charge in [0.2, 0.25) is 0 Å². The molecule has 46 heavy (non-hydrogen) atoms. The standard InChI is InChI=1S/C43H35N3/c1-3-5-14-32-15-9-21-36(27-32)38-23-12-25-40(29-38)43-45-41(34(4-2)20-10-16-33-17-13-26-44-31-33)30-42(46-43)39-24-11-22-37(28-39)35-18-7-6-8-19-35/h3-14,16-32H,1-2,15H2/b14-5-,16-10+,34-20+. The first-order chi connectivity index (χ1) is 22.7. The van der Waals surface area contributed by atoms with Gasteiger partial charge in [-0.3, -0.25) is 4.98 Å². The van der Waals surface area contributed by atoms with E-state index in [-0.39, 0.29) is 0 Å². The van der Waals surface area contributed by atoms with Crippen LogP contribution >= 0.6 is 0 Å². The molecule has 3 nitrogen and oxygen atoms in total. The third-order valence-electron chi connectivity index (χ3n) is 7.80. The van der Waals surface area contributed by atoms with Gasteiger partial charge in [-0.1, -0.05) is 147 Å². The van der Waals surface area contributed by atoms with Crippen molar-refractivity contribution in [2.45, 2.75) is 6.42 Å². The zero-order valence-corrected chi connectivity index (χ0v) is 25.7. The van der Waals surface area contributed by atoms with E-state index in [1.54, 1.807) is 6.20 Å². The van der Waals surface area contributed by atoms with Gasteiger partial charge in [0.1, 0.15) is 0 Å². The first-order valence-corrected chi connectivity index (χ1v) is 15.4. The largest absolute Gasteiger partial charge is 0.264 e. The Kier molecular flexibility index (Phi) is 9.62. The van der Waals surface area contributed by atoms with Crippen LogP contribution in [-0.2, 0) is 0 Å². The van der Waals surface area contributed by atoms with Gasteiger partial charge < -0.3 is 0 Å². The van der Waals surface area contributed by atoms with Gasteiger partial charge in [0.25, 0.3) is 0 Å². The Hall–Kier alpha value is -5.93. The summed E-state index contributed by atoms with van der Waals surface area (Å²) in [5.74, 6) is 0.997. The molecule has 3 aromatic carbocycles. The minimum Gasteiger partial charge on any atom is -0.264 e. The summed E-state index contributed by atoms with van der Waals surface area (Å²) < 4.78 is 0. The molecule has 0 fully saturated rings. The van der Waals surface area contributed by atoms with E-state index in [9.17, 15) is 0 Å². The number of rotatable bonds is 10. The second kappa shape index (κ2) is 14.7. The first-order valence-electron chi connectivity index (χ1n) is 15.4. The quantitative estimate of drug-likeness (QED) is 0.151. The van der Waals surface area contributed by atoms with Crippen LogP contribution in [0.2, 0.25) is 0 Å². The van der Waals surface area contributed by atoms with Crippen LogP contribution in [0.4, 0.5) is 0 Å². The van der Waals surface area contributed by atoms with Crippen molar-refractivity contribution >= 4 is 17.2 Å². The molecule has 3 heteroatoms. The highest BCUT2D eigenvalue weighted by Gasteiger charge is 2.14. The molecule has 0 aliphatic heterocycles. The Morgan fingerprint density at radius 2 is 1.52 bits per heavy atom. The van der Waals surface area contributed by atoms with Gasteiger partial charge in [-0.25, -0.2) is 9.97 Å². The van der Waals surface area contributed by atoms with E-state index < -0.39 is 0 Å². The Labute approximate surface area is 271 Å². The van der Waals surface area contributed by atoms with Crippen molar-refractivity contribution < 1.29 is 0 Å². The molecule has 0 radical (unpaired) electrons. The zero-order chi connectivity index (χ0) is 31.6. The number of pyridine rings is 1.